The van der Waals surface area contributed by atoms with Crippen molar-refractivity contribution in [1.82, 2.24) is 14.9 Å². The highest BCUT2D eigenvalue weighted by molar-refractivity contribution is 7.15. The molecular formula is C29H27Cl4N3S. The van der Waals surface area contributed by atoms with Gasteiger partial charge in [-0.15, -0.1) is 11.3 Å². The zero-order valence-electron chi connectivity index (χ0n) is 20.2. The number of allylic oxidation sites excluding steroid dienone is 1. The normalized spacial score (nSPS) is 16.1. The Balaban J connectivity index is 1.39. The largest absolute Gasteiger partial charge is 0.367 e. The summed E-state index contributed by atoms with van der Waals surface area (Å²) >= 11 is 26.4. The molecule has 3 nitrogen and oxygen atoms in total. The van der Waals surface area contributed by atoms with Crippen LogP contribution in [0.4, 0.5) is 0 Å². The van der Waals surface area contributed by atoms with Crippen LogP contribution in [0.15, 0.2) is 55.3 Å². The maximum absolute atomic E-state index is 6.48. The lowest BCUT2D eigenvalue weighted by atomic mass is 9.87. The summed E-state index contributed by atoms with van der Waals surface area (Å²) in [5, 5.41) is 6.53. The minimum Gasteiger partial charge on any atom is -0.367 e. The van der Waals surface area contributed by atoms with E-state index in [0.717, 1.165) is 58.7 Å². The molecule has 0 fully saturated rings. The molecule has 0 radical (unpaired) electrons. The minimum absolute atomic E-state index is 0.538. The van der Waals surface area contributed by atoms with Gasteiger partial charge < -0.3 is 9.88 Å². The molecule has 1 unspecified atom stereocenters. The predicted molar refractivity (Wildman–Crippen MR) is 161 cm³/mol. The van der Waals surface area contributed by atoms with Gasteiger partial charge in [-0.05, 0) is 79.8 Å². The van der Waals surface area contributed by atoms with Crippen molar-refractivity contribution >= 4 is 80.5 Å². The highest BCUT2D eigenvalue weighted by Crippen LogP contribution is 2.38. The van der Waals surface area contributed by atoms with Crippen LogP contribution in [0.2, 0.25) is 19.5 Å². The first-order valence-electron chi connectivity index (χ1n) is 12.4. The average molecular weight is 591 g/mol. The van der Waals surface area contributed by atoms with Crippen molar-refractivity contribution in [3.05, 3.63) is 96.5 Å². The summed E-state index contributed by atoms with van der Waals surface area (Å²) in [5.74, 6) is 1.44. The summed E-state index contributed by atoms with van der Waals surface area (Å²) in [6, 6.07) is 11.9. The van der Waals surface area contributed by atoms with E-state index in [4.69, 9.17) is 46.4 Å². The fourth-order valence-corrected chi connectivity index (χ4v) is 6.51. The van der Waals surface area contributed by atoms with E-state index in [0.29, 0.717) is 27.0 Å². The number of benzene rings is 2. The summed E-state index contributed by atoms with van der Waals surface area (Å²) in [6.45, 7) is 5.01. The van der Waals surface area contributed by atoms with Crippen LogP contribution in [0.5, 0.6) is 0 Å². The Morgan fingerprint density at radius 3 is 2.62 bits per heavy atom. The number of aromatic nitrogens is 2. The van der Waals surface area contributed by atoms with E-state index >= 15 is 0 Å². The Labute approximate surface area is 241 Å². The lowest BCUT2D eigenvalue weighted by Crippen LogP contribution is -2.18. The molecule has 0 bridgehead atoms. The lowest BCUT2D eigenvalue weighted by molar-refractivity contribution is 0.428. The van der Waals surface area contributed by atoms with Gasteiger partial charge in [-0.2, -0.15) is 0 Å². The lowest BCUT2D eigenvalue weighted by Gasteiger charge is -2.21. The number of thiazole rings is 1. The van der Waals surface area contributed by atoms with Crippen molar-refractivity contribution < 1.29 is 0 Å². The van der Waals surface area contributed by atoms with Crippen LogP contribution < -0.4 is 5.32 Å². The summed E-state index contributed by atoms with van der Waals surface area (Å²) < 4.78 is 2.78. The molecule has 4 aromatic rings. The Hall–Kier alpha value is -1.95. The number of aryl methyl sites for hydroxylation is 1. The van der Waals surface area contributed by atoms with E-state index in [1.165, 1.54) is 34.6 Å². The highest BCUT2D eigenvalue weighted by atomic mass is 35.5. The molecule has 0 saturated carbocycles. The first-order valence-corrected chi connectivity index (χ1v) is 14.7. The number of hydrogen-bond acceptors (Lipinski definition) is 3. The Morgan fingerprint density at radius 2 is 1.86 bits per heavy atom. The molecule has 5 rings (SSSR count). The summed E-state index contributed by atoms with van der Waals surface area (Å²) in [7, 11) is 0. The molecule has 37 heavy (non-hydrogen) atoms. The molecule has 8 heteroatoms. The zero-order valence-corrected chi connectivity index (χ0v) is 24.1. The molecule has 1 aliphatic carbocycles. The molecule has 1 aliphatic rings. The SMILES string of the molecule is C=C(NCc1cnc(Cl)s1)n1c2c(c3cc(Cl)c(Cl)cc31)CCCC(C/C=C/c1ccc(Cl)cc1)CC2. The number of rotatable bonds is 7. The molecule has 0 aliphatic heterocycles. The van der Waals surface area contributed by atoms with Gasteiger partial charge in [0.25, 0.3) is 0 Å². The monoisotopic (exact) mass is 589 g/mol. The Morgan fingerprint density at radius 1 is 1.08 bits per heavy atom. The van der Waals surface area contributed by atoms with Crippen LogP contribution in [0.1, 0.15) is 47.4 Å². The quantitative estimate of drug-likeness (QED) is 0.232. The zero-order chi connectivity index (χ0) is 25.9. The maximum atomic E-state index is 6.48. The second kappa shape index (κ2) is 11.8. The maximum Gasteiger partial charge on any atom is 0.183 e. The predicted octanol–water partition coefficient (Wildman–Crippen LogP) is 9.92. The van der Waals surface area contributed by atoms with Gasteiger partial charge in [-0.25, -0.2) is 4.98 Å². The van der Waals surface area contributed by atoms with Crippen LogP contribution >= 0.6 is 57.7 Å². The number of nitrogens with one attached hydrogen (secondary N) is 1. The van der Waals surface area contributed by atoms with Gasteiger partial charge in [0.1, 0.15) is 5.82 Å². The second-order valence-electron chi connectivity index (χ2n) is 9.41. The highest BCUT2D eigenvalue weighted by Gasteiger charge is 2.23. The van der Waals surface area contributed by atoms with E-state index < -0.39 is 0 Å². The standard InChI is InChI=1S/C29H27Cl4N3S/c1-18(34-16-22-17-35-29(33)37-22)36-27-13-10-19(4-2-5-20-8-11-21(30)12-9-20)6-3-7-23(27)24-14-25(31)26(32)15-28(24)36/h2,5,8-9,11-12,14-15,17,19,34H,1,3-4,6-7,10,13,16H2/b5-2+. The van der Waals surface area contributed by atoms with Gasteiger partial charge in [0.15, 0.2) is 4.47 Å². The van der Waals surface area contributed by atoms with Crippen LogP contribution in [-0.4, -0.2) is 9.55 Å². The van der Waals surface area contributed by atoms with Crippen molar-refractivity contribution in [2.24, 2.45) is 5.92 Å². The number of hydrogen-bond donors (Lipinski definition) is 1. The first-order chi connectivity index (χ1) is 17.9. The molecule has 0 amide bonds. The fourth-order valence-electron chi connectivity index (χ4n) is 5.14. The average Bonchev–Trinajstić information content (AvgIpc) is 3.40. The number of nitrogens with zero attached hydrogens (tertiary/aromatic N) is 2. The van der Waals surface area contributed by atoms with E-state index in [2.05, 4.69) is 45.7 Å². The third-order valence-electron chi connectivity index (χ3n) is 6.96. The molecule has 2 aromatic heterocycles. The Bertz CT molecular complexity index is 1450. The molecule has 2 aromatic carbocycles. The minimum atomic E-state index is 0.538. The van der Waals surface area contributed by atoms with E-state index in [9.17, 15) is 0 Å². The van der Waals surface area contributed by atoms with Crippen LogP contribution in [0.25, 0.3) is 22.8 Å². The van der Waals surface area contributed by atoms with Crippen molar-refractivity contribution in [2.75, 3.05) is 0 Å². The summed E-state index contributed by atoms with van der Waals surface area (Å²) in [6.07, 6.45) is 12.7. The smallest absolute Gasteiger partial charge is 0.183 e. The molecule has 0 saturated heterocycles. The topological polar surface area (TPSA) is 29.9 Å². The van der Waals surface area contributed by atoms with E-state index in [-0.39, 0.29) is 0 Å². The summed E-state index contributed by atoms with van der Waals surface area (Å²) in [5.41, 5.74) is 4.86. The summed E-state index contributed by atoms with van der Waals surface area (Å²) in [4.78, 5) is 5.20. The van der Waals surface area contributed by atoms with Gasteiger partial charge in [0, 0.05) is 27.2 Å². The Kier molecular flexibility index (Phi) is 8.53. The second-order valence-corrected chi connectivity index (χ2v) is 12.4. The van der Waals surface area contributed by atoms with E-state index in [1.54, 1.807) is 6.20 Å². The number of halogens is 4. The van der Waals surface area contributed by atoms with E-state index in [1.807, 2.05) is 24.3 Å². The van der Waals surface area contributed by atoms with Gasteiger partial charge >= 0.3 is 0 Å². The van der Waals surface area contributed by atoms with Crippen molar-refractivity contribution in [3.63, 3.8) is 0 Å². The molecular weight excluding hydrogens is 564 g/mol. The molecule has 192 valence electrons. The van der Waals surface area contributed by atoms with Crippen LogP contribution in [-0.2, 0) is 19.4 Å². The third kappa shape index (κ3) is 6.21. The van der Waals surface area contributed by atoms with Gasteiger partial charge in [-0.3, -0.25) is 0 Å². The molecule has 1 atom stereocenters. The molecule has 1 N–H and O–H groups in total. The van der Waals surface area contributed by atoms with Crippen molar-refractivity contribution in [3.8, 4) is 0 Å². The molecule has 2 heterocycles. The van der Waals surface area contributed by atoms with Gasteiger partial charge in [0.05, 0.1) is 22.1 Å². The fraction of sp³-hybridized carbons (Fsp3) is 0.276. The van der Waals surface area contributed by atoms with Crippen molar-refractivity contribution in [2.45, 2.75) is 45.1 Å². The van der Waals surface area contributed by atoms with Crippen LogP contribution in [0.3, 0.4) is 0 Å². The first kappa shape index (κ1) is 26.6. The van der Waals surface area contributed by atoms with Crippen molar-refractivity contribution in [1.29, 1.82) is 0 Å². The van der Waals surface area contributed by atoms with Gasteiger partial charge in [-0.1, -0.05) is 77.3 Å². The van der Waals surface area contributed by atoms with Gasteiger partial charge in [0.2, 0.25) is 0 Å². The molecule has 0 spiro atoms. The van der Waals surface area contributed by atoms with Crippen LogP contribution in [0, 0.1) is 5.92 Å². The third-order valence-corrected chi connectivity index (χ3v) is 9.05. The number of fused-ring (bicyclic) bond motifs is 3.